The van der Waals surface area contributed by atoms with Crippen molar-refractivity contribution in [3.63, 3.8) is 0 Å². The van der Waals surface area contributed by atoms with E-state index in [0.29, 0.717) is 12.3 Å². The maximum atomic E-state index is 10.7. The van der Waals surface area contributed by atoms with E-state index in [1.165, 1.54) is 24.4 Å². The standard InChI is InChI=1S/C19H24N4O5/c24-16-2-4-18(5-3-16)28-13-17(25)12-20-14-7-9-22(10-8-14)19-6-1-15(11-21-19)23(26)27/h1-6,11,14,17,20,24-25H,7-10,12-13H2. The number of aromatic nitrogens is 1. The Morgan fingerprint density at radius 1 is 1.25 bits per heavy atom. The van der Waals surface area contributed by atoms with E-state index in [-0.39, 0.29) is 24.1 Å². The number of anilines is 1. The Hall–Kier alpha value is -2.91. The summed E-state index contributed by atoms with van der Waals surface area (Å²) in [4.78, 5) is 16.5. The van der Waals surface area contributed by atoms with E-state index < -0.39 is 11.0 Å². The Labute approximate surface area is 162 Å². The van der Waals surface area contributed by atoms with Crippen LogP contribution in [0.25, 0.3) is 0 Å². The van der Waals surface area contributed by atoms with Gasteiger partial charge in [-0.1, -0.05) is 0 Å². The second-order valence-electron chi connectivity index (χ2n) is 6.76. The number of pyridine rings is 1. The number of benzene rings is 1. The van der Waals surface area contributed by atoms with Gasteiger partial charge in [-0.05, 0) is 43.2 Å². The van der Waals surface area contributed by atoms with E-state index >= 15 is 0 Å². The summed E-state index contributed by atoms with van der Waals surface area (Å²) in [6, 6.07) is 9.81. The summed E-state index contributed by atoms with van der Waals surface area (Å²) in [6.07, 6.45) is 2.43. The number of phenols is 1. The summed E-state index contributed by atoms with van der Waals surface area (Å²) in [5.41, 5.74) is -0.0104. The van der Waals surface area contributed by atoms with Crippen LogP contribution >= 0.6 is 0 Å². The molecule has 1 aliphatic heterocycles. The van der Waals surface area contributed by atoms with Gasteiger partial charge in [-0.15, -0.1) is 0 Å². The van der Waals surface area contributed by atoms with Crippen LogP contribution in [0.15, 0.2) is 42.6 Å². The predicted molar refractivity (Wildman–Crippen MR) is 104 cm³/mol. The normalized spacial score (nSPS) is 16.0. The zero-order valence-corrected chi connectivity index (χ0v) is 15.4. The van der Waals surface area contributed by atoms with E-state index in [0.717, 1.165) is 31.7 Å². The van der Waals surface area contributed by atoms with Gasteiger partial charge in [0.05, 0.1) is 4.92 Å². The lowest BCUT2D eigenvalue weighted by molar-refractivity contribution is -0.385. The minimum atomic E-state index is -0.636. The van der Waals surface area contributed by atoms with E-state index in [1.807, 2.05) is 0 Å². The zero-order valence-electron chi connectivity index (χ0n) is 15.4. The van der Waals surface area contributed by atoms with Crippen LogP contribution in [0.4, 0.5) is 11.5 Å². The fraction of sp³-hybridized carbons (Fsp3) is 0.421. The Morgan fingerprint density at radius 3 is 2.57 bits per heavy atom. The van der Waals surface area contributed by atoms with Gasteiger partial charge in [0.15, 0.2) is 0 Å². The molecule has 28 heavy (non-hydrogen) atoms. The molecule has 1 unspecified atom stereocenters. The van der Waals surface area contributed by atoms with Crippen molar-refractivity contribution >= 4 is 11.5 Å². The van der Waals surface area contributed by atoms with Crippen LogP contribution in [0.2, 0.25) is 0 Å². The number of ether oxygens (including phenoxy) is 1. The van der Waals surface area contributed by atoms with E-state index in [1.54, 1.807) is 18.2 Å². The summed E-state index contributed by atoms with van der Waals surface area (Å²) in [5, 5.41) is 33.4. The topological polar surface area (TPSA) is 121 Å². The number of aromatic hydroxyl groups is 1. The second-order valence-corrected chi connectivity index (χ2v) is 6.76. The van der Waals surface area contributed by atoms with Crippen molar-refractivity contribution in [1.82, 2.24) is 10.3 Å². The third-order valence-electron chi connectivity index (χ3n) is 4.68. The number of piperidine rings is 1. The molecule has 3 N–H and O–H groups in total. The van der Waals surface area contributed by atoms with Crippen LogP contribution in [0.5, 0.6) is 11.5 Å². The second kappa shape index (κ2) is 9.34. The molecule has 150 valence electrons. The molecule has 2 heterocycles. The first-order chi connectivity index (χ1) is 13.5. The first kappa shape index (κ1) is 19.8. The van der Waals surface area contributed by atoms with E-state index in [9.17, 15) is 20.3 Å². The Balaban J connectivity index is 1.36. The fourth-order valence-corrected chi connectivity index (χ4v) is 3.08. The monoisotopic (exact) mass is 388 g/mol. The SMILES string of the molecule is O=[N+]([O-])c1ccc(N2CCC(NCC(O)COc3ccc(O)cc3)CC2)nc1. The zero-order chi connectivity index (χ0) is 19.9. The smallest absolute Gasteiger partial charge is 0.287 e. The maximum Gasteiger partial charge on any atom is 0.287 e. The average Bonchev–Trinajstić information content (AvgIpc) is 2.72. The molecule has 0 spiro atoms. The van der Waals surface area contributed by atoms with Crippen LogP contribution in [0, 0.1) is 10.1 Å². The number of rotatable bonds is 8. The number of aliphatic hydroxyl groups excluding tert-OH is 1. The molecular weight excluding hydrogens is 364 g/mol. The highest BCUT2D eigenvalue weighted by Gasteiger charge is 2.21. The quantitative estimate of drug-likeness (QED) is 0.461. The van der Waals surface area contributed by atoms with Gasteiger partial charge in [0, 0.05) is 31.7 Å². The fourth-order valence-electron chi connectivity index (χ4n) is 3.08. The van der Waals surface area contributed by atoms with Gasteiger partial charge in [-0.25, -0.2) is 4.98 Å². The van der Waals surface area contributed by atoms with Crippen LogP contribution in [-0.4, -0.2) is 58.5 Å². The van der Waals surface area contributed by atoms with Crippen molar-refractivity contribution in [2.45, 2.75) is 25.0 Å². The molecule has 9 nitrogen and oxygen atoms in total. The highest BCUT2D eigenvalue weighted by atomic mass is 16.6. The first-order valence-electron chi connectivity index (χ1n) is 9.20. The van der Waals surface area contributed by atoms with Gasteiger partial charge in [0.1, 0.15) is 36.2 Å². The minimum Gasteiger partial charge on any atom is -0.508 e. The summed E-state index contributed by atoms with van der Waals surface area (Å²) in [7, 11) is 0. The van der Waals surface area contributed by atoms with E-state index in [2.05, 4.69) is 15.2 Å². The largest absolute Gasteiger partial charge is 0.508 e. The highest BCUT2D eigenvalue weighted by Crippen LogP contribution is 2.20. The minimum absolute atomic E-state index is 0.0104. The average molecular weight is 388 g/mol. The molecular formula is C19H24N4O5. The van der Waals surface area contributed by atoms with Crippen molar-refractivity contribution in [3.05, 3.63) is 52.7 Å². The van der Waals surface area contributed by atoms with E-state index in [4.69, 9.17) is 4.74 Å². The van der Waals surface area contributed by atoms with Crippen molar-refractivity contribution in [2.24, 2.45) is 0 Å². The number of hydrogen-bond donors (Lipinski definition) is 3. The summed E-state index contributed by atoms with van der Waals surface area (Å²) in [6.45, 7) is 2.19. The van der Waals surface area contributed by atoms with Crippen LogP contribution < -0.4 is 15.0 Å². The number of phenolic OH excluding ortho intramolecular Hbond substituents is 1. The molecule has 1 aromatic carbocycles. The molecule has 0 amide bonds. The lowest BCUT2D eigenvalue weighted by atomic mass is 10.0. The third kappa shape index (κ3) is 5.54. The van der Waals surface area contributed by atoms with Crippen molar-refractivity contribution in [1.29, 1.82) is 0 Å². The van der Waals surface area contributed by atoms with Gasteiger partial charge < -0.3 is 25.2 Å². The van der Waals surface area contributed by atoms with Crippen LogP contribution in [0.3, 0.4) is 0 Å². The van der Waals surface area contributed by atoms with Gasteiger partial charge in [0.2, 0.25) is 0 Å². The molecule has 3 rings (SSSR count). The van der Waals surface area contributed by atoms with Gasteiger partial charge in [-0.2, -0.15) is 0 Å². The Kier molecular flexibility index (Phi) is 6.62. The summed E-state index contributed by atoms with van der Waals surface area (Å²) >= 11 is 0. The molecule has 0 saturated carbocycles. The third-order valence-corrected chi connectivity index (χ3v) is 4.68. The molecule has 1 atom stereocenters. The van der Waals surface area contributed by atoms with Crippen molar-refractivity contribution in [3.8, 4) is 11.5 Å². The molecule has 0 bridgehead atoms. The molecule has 9 heteroatoms. The molecule has 0 radical (unpaired) electrons. The Morgan fingerprint density at radius 2 is 1.96 bits per heavy atom. The summed E-state index contributed by atoms with van der Waals surface area (Å²) in [5.74, 6) is 1.51. The Bertz CT molecular complexity index is 761. The molecule has 1 aromatic heterocycles. The number of nitrogens with zero attached hydrogens (tertiary/aromatic N) is 3. The van der Waals surface area contributed by atoms with Crippen molar-refractivity contribution < 1.29 is 19.9 Å². The highest BCUT2D eigenvalue weighted by molar-refractivity contribution is 5.43. The maximum absolute atomic E-state index is 10.7. The lowest BCUT2D eigenvalue weighted by Crippen LogP contribution is -2.45. The molecule has 2 aromatic rings. The summed E-state index contributed by atoms with van der Waals surface area (Å²) < 4.78 is 5.50. The number of nitro groups is 1. The van der Waals surface area contributed by atoms with Gasteiger partial charge in [-0.3, -0.25) is 10.1 Å². The molecule has 1 saturated heterocycles. The number of hydrogen-bond acceptors (Lipinski definition) is 8. The lowest BCUT2D eigenvalue weighted by Gasteiger charge is -2.33. The van der Waals surface area contributed by atoms with Gasteiger partial charge in [0.25, 0.3) is 5.69 Å². The van der Waals surface area contributed by atoms with Crippen LogP contribution in [-0.2, 0) is 0 Å². The first-order valence-corrected chi connectivity index (χ1v) is 9.20. The number of nitrogens with one attached hydrogen (secondary N) is 1. The van der Waals surface area contributed by atoms with Crippen LogP contribution in [0.1, 0.15) is 12.8 Å². The molecule has 0 aliphatic carbocycles. The van der Waals surface area contributed by atoms with Gasteiger partial charge >= 0.3 is 0 Å². The number of aliphatic hydroxyl groups is 1. The predicted octanol–water partition coefficient (Wildman–Crippen LogP) is 1.69. The van der Waals surface area contributed by atoms with Crippen molar-refractivity contribution in [2.75, 3.05) is 31.1 Å². The molecule has 1 aliphatic rings. The molecule has 1 fully saturated rings.